The Morgan fingerprint density at radius 3 is 3.00 bits per heavy atom. The lowest BCUT2D eigenvalue weighted by Crippen LogP contribution is -2.50. The molecule has 1 aromatic carbocycles. The Bertz CT molecular complexity index is 475. The van der Waals surface area contributed by atoms with Crippen LogP contribution in [0.4, 0.5) is 0 Å². The third-order valence-corrected chi connectivity index (χ3v) is 3.94. The maximum absolute atomic E-state index is 11.1. The summed E-state index contributed by atoms with van der Waals surface area (Å²) in [5.41, 5.74) is 0.822. The van der Waals surface area contributed by atoms with Crippen LogP contribution in [-0.4, -0.2) is 24.5 Å². The number of aldehydes is 1. The van der Waals surface area contributed by atoms with Crippen molar-refractivity contribution in [1.82, 2.24) is 5.32 Å². The molecule has 0 aliphatic heterocycles. The van der Waals surface area contributed by atoms with Crippen LogP contribution in [-0.2, 0) is 16.9 Å². The standard InChI is InChI=1S/C16H23NO3/c1-3-5-13(11-18)17-16(19)9-4-6-12-7-8-14(20-2)10-15(12)16/h7-8,10-11,13,17,19H,3-6,9H2,1-2H3. The van der Waals surface area contributed by atoms with Crippen LogP contribution in [0.1, 0.15) is 43.7 Å². The largest absolute Gasteiger partial charge is 0.497 e. The van der Waals surface area contributed by atoms with Crippen LogP contribution in [0, 0.1) is 0 Å². The van der Waals surface area contributed by atoms with E-state index in [1.165, 1.54) is 0 Å². The molecule has 0 bridgehead atoms. The zero-order chi connectivity index (χ0) is 14.6. The molecule has 110 valence electrons. The molecular formula is C16H23NO3. The number of hydrogen-bond donors (Lipinski definition) is 2. The summed E-state index contributed by atoms with van der Waals surface area (Å²) in [6.45, 7) is 2.03. The van der Waals surface area contributed by atoms with E-state index in [0.29, 0.717) is 6.42 Å². The highest BCUT2D eigenvalue weighted by atomic mass is 16.5. The highest BCUT2D eigenvalue weighted by molar-refractivity contribution is 5.58. The molecule has 20 heavy (non-hydrogen) atoms. The molecule has 1 aliphatic carbocycles. The number of nitrogens with one attached hydrogen (secondary N) is 1. The van der Waals surface area contributed by atoms with E-state index in [2.05, 4.69) is 5.32 Å². The minimum atomic E-state index is -1.14. The summed E-state index contributed by atoms with van der Waals surface area (Å²) >= 11 is 0. The Morgan fingerprint density at radius 1 is 1.55 bits per heavy atom. The fourth-order valence-corrected chi connectivity index (χ4v) is 2.90. The van der Waals surface area contributed by atoms with Crippen molar-refractivity contribution < 1.29 is 14.6 Å². The Kier molecular flexibility index (Phi) is 4.78. The summed E-state index contributed by atoms with van der Waals surface area (Å²) in [6.07, 6.45) is 4.98. The van der Waals surface area contributed by atoms with Crippen LogP contribution in [0.5, 0.6) is 5.75 Å². The van der Waals surface area contributed by atoms with Gasteiger partial charge in [0.2, 0.25) is 0 Å². The van der Waals surface area contributed by atoms with E-state index in [-0.39, 0.29) is 6.04 Å². The highest BCUT2D eigenvalue weighted by Crippen LogP contribution is 2.36. The smallest absolute Gasteiger partial charge is 0.143 e. The van der Waals surface area contributed by atoms with Gasteiger partial charge in [0.15, 0.2) is 0 Å². The number of aryl methyl sites for hydroxylation is 1. The second kappa shape index (κ2) is 6.37. The molecule has 0 radical (unpaired) electrons. The molecule has 0 aromatic heterocycles. The Balaban J connectivity index is 2.31. The second-order valence-corrected chi connectivity index (χ2v) is 5.41. The van der Waals surface area contributed by atoms with Crippen molar-refractivity contribution in [3.8, 4) is 5.75 Å². The van der Waals surface area contributed by atoms with Gasteiger partial charge in [0, 0.05) is 5.56 Å². The van der Waals surface area contributed by atoms with E-state index in [0.717, 1.165) is 48.8 Å². The van der Waals surface area contributed by atoms with Crippen LogP contribution in [0.2, 0.25) is 0 Å². The lowest BCUT2D eigenvalue weighted by molar-refractivity contribution is -0.113. The molecule has 4 heteroatoms. The van der Waals surface area contributed by atoms with Crippen molar-refractivity contribution >= 4 is 6.29 Å². The number of carbonyl (C=O) groups excluding carboxylic acids is 1. The van der Waals surface area contributed by atoms with Crippen molar-refractivity contribution in [3.05, 3.63) is 29.3 Å². The maximum atomic E-state index is 11.1. The molecule has 1 aromatic rings. The van der Waals surface area contributed by atoms with Crippen LogP contribution in [0.3, 0.4) is 0 Å². The van der Waals surface area contributed by atoms with Crippen molar-refractivity contribution in [2.45, 2.75) is 50.8 Å². The van der Waals surface area contributed by atoms with Gasteiger partial charge in [0.1, 0.15) is 17.8 Å². The fraction of sp³-hybridized carbons (Fsp3) is 0.562. The minimum absolute atomic E-state index is 0.317. The molecule has 2 N–H and O–H groups in total. The fourth-order valence-electron chi connectivity index (χ4n) is 2.90. The molecule has 0 amide bonds. The van der Waals surface area contributed by atoms with Crippen LogP contribution in [0.25, 0.3) is 0 Å². The van der Waals surface area contributed by atoms with Crippen molar-refractivity contribution in [3.63, 3.8) is 0 Å². The van der Waals surface area contributed by atoms with E-state index in [4.69, 9.17) is 4.74 Å². The van der Waals surface area contributed by atoms with Crippen LogP contribution >= 0.6 is 0 Å². The van der Waals surface area contributed by atoms with E-state index in [9.17, 15) is 9.90 Å². The topological polar surface area (TPSA) is 58.6 Å². The summed E-state index contributed by atoms with van der Waals surface area (Å²) in [6, 6.07) is 5.46. The Labute approximate surface area is 120 Å². The van der Waals surface area contributed by atoms with Gasteiger partial charge in [-0.3, -0.25) is 5.32 Å². The average Bonchev–Trinajstić information content (AvgIpc) is 2.47. The molecule has 2 unspecified atom stereocenters. The van der Waals surface area contributed by atoms with Crippen LogP contribution in [0.15, 0.2) is 18.2 Å². The normalized spacial score (nSPS) is 22.9. The summed E-state index contributed by atoms with van der Waals surface area (Å²) in [4.78, 5) is 11.1. The van der Waals surface area contributed by atoms with E-state index < -0.39 is 5.72 Å². The first-order chi connectivity index (χ1) is 9.62. The summed E-state index contributed by atoms with van der Waals surface area (Å²) in [7, 11) is 1.61. The van der Waals surface area contributed by atoms with Gasteiger partial charge >= 0.3 is 0 Å². The van der Waals surface area contributed by atoms with Gasteiger partial charge in [-0.15, -0.1) is 0 Å². The number of aliphatic hydroxyl groups is 1. The number of fused-ring (bicyclic) bond motifs is 1. The number of benzene rings is 1. The highest BCUT2D eigenvalue weighted by Gasteiger charge is 2.36. The zero-order valence-corrected chi connectivity index (χ0v) is 12.2. The molecule has 0 heterocycles. The first kappa shape index (κ1) is 15.0. The van der Waals surface area contributed by atoms with Crippen molar-refractivity contribution in [2.24, 2.45) is 0 Å². The lowest BCUT2D eigenvalue weighted by atomic mass is 9.84. The Morgan fingerprint density at radius 2 is 2.35 bits per heavy atom. The van der Waals surface area contributed by atoms with Gasteiger partial charge in [-0.2, -0.15) is 0 Å². The van der Waals surface area contributed by atoms with Gasteiger partial charge < -0.3 is 14.6 Å². The predicted molar refractivity (Wildman–Crippen MR) is 77.7 cm³/mol. The quantitative estimate of drug-likeness (QED) is 0.618. The van der Waals surface area contributed by atoms with Gasteiger partial charge in [-0.25, -0.2) is 0 Å². The third kappa shape index (κ3) is 3.02. The van der Waals surface area contributed by atoms with E-state index >= 15 is 0 Å². The number of hydrogen-bond acceptors (Lipinski definition) is 4. The average molecular weight is 277 g/mol. The SMILES string of the molecule is CCCC(C=O)NC1(O)CCCc2ccc(OC)cc21. The first-order valence-corrected chi connectivity index (χ1v) is 7.25. The molecule has 0 spiro atoms. The van der Waals surface area contributed by atoms with Gasteiger partial charge in [0.05, 0.1) is 13.2 Å². The predicted octanol–water partition coefficient (Wildman–Crippen LogP) is 2.13. The molecule has 1 aliphatic rings. The third-order valence-electron chi connectivity index (χ3n) is 3.94. The van der Waals surface area contributed by atoms with Gasteiger partial charge in [-0.1, -0.05) is 19.4 Å². The summed E-state index contributed by atoms with van der Waals surface area (Å²) in [5, 5.41) is 14.1. The number of rotatable bonds is 6. The molecule has 0 fully saturated rings. The first-order valence-electron chi connectivity index (χ1n) is 7.25. The Hall–Kier alpha value is -1.39. The molecule has 2 rings (SSSR count). The van der Waals surface area contributed by atoms with E-state index in [1.54, 1.807) is 7.11 Å². The maximum Gasteiger partial charge on any atom is 0.143 e. The number of carbonyl (C=O) groups is 1. The lowest BCUT2D eigenvalue weighted by Gasteiger charge is -2.37. The molecule has 0 saturated carbocycles. The zero-order valence-electron chi connectivity index (χ0n) is 12.2. The van der Waals surface area contributed by atoms with Gasteiger partial charge in [-0.05, 0) is 43.4 Å². The second-order valence-electron chi connectivity index (χ2n) is 5.41. The minimum Gasteiger partial charge on any atom is -0.497 e. The van der Waals surface area contributed by atoms with E-state index in [1.807, 2.05) is 25.1 Å². The molecular weight excluding hydrogens is 254 g/mol. The summed E-state index contributed by atoms with van der Waals surface area (Å²) < 4.78 is 5.24. The van der Waals surface area contributed by atoms with Gasteiger partial charge in [0.25, 0.3) is 0 Å². The summed E-state index contributed by atoms with van der Waals surface area (Å²) in [5.74, 6) is 0.726. The monoisotopic (exact) mass is 277 g/mol. The molecule has 2 atom stereocenters. The number of ether oxygens (including phenoxy) is 1. The molecule has 0 saturated heterocycles. The van der Waals surface area contributed by atoms with Crippen molar-refractivity contribution in [2.75, 3.05) is 7.11 Å². The van der Waals surface area contributed by atoms with Crippen molar-refractivity contribution in [1.29, 1.82) is 0 Å². The number of methoxy groups -OCH3 is 1. The van der Waals surface area contributed by atoms with Crippen LogP contribution < -0.4 is 10.1 Å². The molecule has 4 nitrogen and oxygen atoms in total.